The molecule has 2 heterocycles. The molecule has 0 bridgehead atoms. The molecule has 222 valence electrons. The normalized spacial score (nSPS) is 16.0. The number of hydrogen-bond donors (Lipinski definition) is 1. The first-order valence-electron chi connectivity index (χ1n) is 14.1. The second kappa shape index (κ2) is 12.2. The van der Waals surface area contributed by atoms with Crippen LogP contribution in [-0.4, -0.2) is 35.5 Å². The van der Waals surface area contributed by atoms with Gasteiger partial charge in [-0.05, 0) is 66.9 Å². The molecule has 9 heteroatoms. The van der Waals surface area contributed by atoms with E-state index in [9.17, 15) is 14.7 Å². The van der Waals surface area contributed by atoms with Crippen LogP contribution in [0.25, 0.3) is 16.0 Å². The van der Waals surface area contributed by atoms with Gasteiger partial charge in [0, 0.05) is 5.56 Å². The topological polar surface area (TPSA) is 98.2 Å². The molecule has 1 N–H and O–H groups in total. The van der Waals surface area contributed by atoms with Gasteiger partial charge in [0.15, 0.2) is 16.6 Å². The van der Waals surface area contributed by atoms with Crippen LogP contribution in [0.4, 0.5) is 5.13 Å². The van der Waals surface area contributed by atoms with Crippen LogP contribution in [0.3, 0.4) is 0 Å². The number of amides is 1. The number of rotatable bonds is 9. The van der Waals surface area contributed by atoms with Gasteiger partial charge in [0.25, 0.3) is 5.78 Å². The fraction of sp³-hybridized carbons (Fsp3) is 0.171. The molecule has 44 heavy (non-hydrogen) atoms. The van der Waals surface area contributed by atoms with Gasteiger partial charge in [-0.25, -0.2) is 4.98 Å². The maximum absolute atomic E-state index is 13.7. The van der Waals surface area contributed by atoms with Gasteiger partial charge in [-0.1, -0.05) is 65.9 Å². The highest BCUT2D eigenvalue weighted by Crippen LogP contribution is 2.46. The molecule has 1 amide bonds. The summed E-state index contributed by atoms with van der Waals surface area (Å²) in [5, 5.41) is 12.0. The Morgan fingerprint density at radius 3 is 2.52 bits per heavy atom. The molecule has 4 aromatic carbocycles. The molecule has 8 nitrogen and oxygen atoms in total. The highest BCUT2D eigenvalue weighted by atomic mass is 32.1. The average Bonchev–Trinajstić information content (AvgIpc) is 3.57. The van der Waals surface area contributed by atoms with Crippen LogP contribution in [0.1, 0.15) is 35.2 Å². The Hall–Kier alpha value is -5.15. The highest BCUT2D eigenvalue weighted by molar-refractivity contribution is 7.22. The van der Waals surface area contributed by atoms with Crippen molar-refractivity contribution >= 4 is 44.1 Å². The number of ether oxygens (including phenoxy) is 3. The summed E-state index contributed by atoms with van der Waals surface area (Å²) in [5.74, 6) is -0.452. The van der Waals surface area contributed by atoms with Crippen molar-refractivity contribution < 1.29 is 28.9 Å². The van der Waals surface area contributed by atoms with Gasteiger partial charge in [0.05, 0.1) is 35.5 Å². The molecule has 1 atom stereocenters. The number of aryl methyl sites for hydroxylation is 1. The Bertz CT molecular complexity index is 1900. The summed E-state index contributed by atoms with van der Waals surface area (Å²) < 4.78 is 18.2. The third kappa shape index (κ3) is 5.49. The second-order valence-electron chi connectivity index (χ2n) is 10.3. The molecule has 1 aliphatic rings. The maximum Gasteiger partial charge on any atom is 0.301 e. The molecule has 1 aromatic heterocycles. The van der Waals surface area contributed by atoms with Crippen molar-refractivity contribution in [2.24, 2.45) is 0 Å². The van der Waals surface area contributed by atoms with Crippen molar-refractivity contribution in [3.05, 3.63) is 119 Å². The summed E-state index contributed by atoms with van der Waals surface area (Å²) in [5.41, 5.74) is 3.60. The maximum atomic E-state index is 13.7. The third-order valence-electron chi connectivity index (χ3n) is 7.34. The van der Waals surface area contributed by atoms with E-state index < -0.39 is 17.7 Å². The number of fused-ring (bicyclic) bond motifs is 1. The molecule has 1 unspecified atom stereocenters. The van der Waals surface area contributed by atoms with Crippen molar-refractivity contribution in [3.63, 3.8) is 0 Å². The lowest BCUT2D eigenvalue weighted by molar-refractivity contribution is -0.132. The molecule has 1 aliphatic heterocycles. The van der Waals surface area contributed by atoms with Crippen LogP contribution in [0.2, 0.25) is 0 Å². The fourth-order valence-electron chi connectivity index (χ4n) is 5.23. The minimum Gasteiger partial charge on any atom is -0.507 e. The number of aliphatic hydroxyl groups is 1. The highest BCUT2D eigenvalue weighted by Gasteiger charge is 2.48. The van der Waals surface area contributed by atoms with Crippen molar-refractivity contribution in [3.8, 4) is 17.2 Å². The molecule has 5 aromatic rings. The van der Waals surface area contributed by atoms with Crippen LogP contribution in [0, 0.1) is 6.92 Å². The first kappa shape index (κ1) is 28.9. The van der Waals surface area contributed by atoms with Gasteiger partial charge in [0.1, 0.15) is 18.1 Å². The van der Waals surface area contributed by atoms with Crippen LogP contribution in [0.5, 0.6) is 17.2 Å². The van der Waals surface area contributed by atoms with E-state index in [1.54, 1.807) is 42.5 Å². The Kier molecular flexibility index (Phi) is 8.04. The largest absolute Gasteiger partial charge is 0.507 e. The monoisotopic (exact) mass is 606 g/mol. The number of carbonyl (C=O) groups is 2. The molecule has 1 fully saturated rings. The zero-order valence-electron chi connectivity index (χ0n) is 24.4. The number of hydrogen-bond acceptors (Lipinski definition) is 8. The number of methoxy groups -OCH3 is 1. The van der Waals surface area contributed by atoms with E-state index in [0.29, 0.717) is 52.2 Å². The molecule has 0 aliphatic carbocycles. The zero-order chi connectivity index (χ0) is 30.8. The van der Waals surface area contributed by atoms with Crippen LogP contribution >= 0.6 is 11.3 Å². The molecule has 0 spiro atoms. The summed E-state index contributed by atoms with van der Waals surface area (Å²) in [6.45, 7) is 4.60. The first-order chi connectivity index (χ1) is 21.4. The van der Waals surface area contributed by atoms with Crippen molar-refractivity contribution in [2.75, 3.05) is 18.6 Å². The van der Waals surface area contributed by atoms with Crippen molar-refractivity contribution in [1.82, 2.24) is 4.98 Å². The predicted octanol–water partition coefficient (Wildman–Crippen LogP) is 7.22. The molecule has 1 saturated heterocycles. The number of aliphatic hydroxyl groups excluding tert-OH is 1. The smallest absolute Gasteiger partial charge is 0.301 e. The number of carbonyl (C=O) groups excluding carboxylic acids is 2. The lowest BCUT2D eigenvalue weighted by Gasteiger charge is -2.24. The summed E-state index contributed by atoms with van der Waals surface area (Å²) in [4.78, 5) is 33.6. The number of nitrogens with zero attached hydrogens (tertiary/aromatic N) is 2. The van der Waals surface area contributed by atoms with Gasteiger partial charge < -0.3 is 19.3 Å². The van der Waals surface area contributed by atoms with Crippen LogP contribution < -0.4 is 19.1 Å². The summed E-state index contributed by atoms with van der Waals surface area (Å²) in [7, 11) is 1.53. The van der Waals surface area contributed by atoms with Crippen molar-refractivity contribution in [1.29, 1.82) is 0 Å². The standard InChI is InChI=1S/C35H30N2O6S/c1-4-42-25-12-8-11-24(18-25)32(38)30-31(23-14-16-27(28(19-23)41-3)43-20-22-9-6-5-7-10-22)37(34(40)33(30)39)35-36-26-15-13-21(2)17-29(26)44-35/h5-19,31,38H,4,20H2,1-3H3. The molecule has 6 rings (SSSR count). The van der Waals surface area contributed by atoms with E-state index in [4.69, 9.17) is 19.2 Å². The first-order valence-corrected chi connectivity index (χ1v) is 15.0. The Balaban J connectivity index is 1.48. The van der Waals surface area contributed by atoms with Gasteiger partial charge in [-0.3, -0.25) is 14.5 Å². The quantitative estimate of drug-likeness (QED) is 0.107. The van der Waals surface area contributed by atoms with E-state index >= 15 is 0 Å². The van der Waals surface area contributed by atoms with E-state index in [0.717, 1.165) is 15.8 Å². The minimum atomic E-state index is -0.982. The Labute approximate surface area is 258 Å². The number of benzene rings is 4. The number of thiazole rings is 1. The van der Waals surface area contributed by atoms with E-state index in [1.165, 1.54) is 23.3 Å². The number of aromatic nitrogens is 1. The molecule has 0 saturated carbocycles. The minimum absolute atomic E-state index is 0.0564. The number of Topliss-reactive ketones (excluding diaryl/α,β-unsaturated/α-hetero) is 1. The lowest BCUT2D eigenvalue weighted by Crippen LogP contribution is -2.29. The molecular formula is C35H30N2O6S. The summed E-state index contributed by atoms with van der Waals surface area (Å²) in [6, 6.07) is 26.6. The second-order valence-corrected chi connectivity index (χ2v) is 11.3. The van der Waals surface area contributed by atoms with E-state index in [1.807, 2.05) is 62.4 Å². The summed E-state index contributed by atoms with van der Waals surface area (Å²) in [6.07, 6.45) is 0. The van der Waals surface area contributed by atoms with Crippen LogP contribution in [-0.2, 0) is 16.2 Å². The lowest BCUT2D eigenvalue weighted by atomic mass is 9.95. The summed E-state index contributed by atoms with van der Waals surface area (Å²) >= 11 is 1.31. The third-order valence-corrected chi connectivity index (χ3v) is 8.36. The van der Waals surface area contributed by atoms with Crippen molar-refractivity contribution in [2.45, 2.75) is 26.5 Å². The van der Waals surface area contributed by atoms with E-state index in [2.05, 4.69) is 0 Å². The van der Waals surface area contributed by atoms with Gasteiger partial charge in [-0.15, -0.1) is 0 Å². The van der Waals surface area contributed by atoms with Crippen LogP contribution in [0.15, 0.2) is 96.6 Å². The van der Waals surface area contributed by atoms with Gasteiger partial charge >= 0.3 is 5.91 Å². The Morgan fingerprint density at radius 2 is 1.75 bits per heavy atom. The predicted molar refractivity (Wildman–Crippen MR) is 171 cm³/mol. The number of ketones is 1. The molecular weight excluding hydrogens is 576 g/mol. The SMILES string of the molecule is CCOc1cccc(C(O)=C2C(=O)C(=O)N(c3nc4ccc(C)cc4s3)C2c2ccc(OCc3ccccc3)c(OC)c2)c1. The fourth-order valence-corrected chi connectivity index (χ4v) is 6.32. The van der Waals surface area contributed by atoms with E-state index in [-0.39, 0.29) is 11.3 Å². The zero-order valence-corrected chi connectivity index (χ0v) is 25.3. The molecule has 0 radical (unpaired) electrons. The average molecular weight is 607 g/mol. The van der Waals surface area contributed by atoms with Gasteiger partial charge in [-0.2, -0.15) is 0 Å². The Morgan fingerprint density at radius 1 is 0.932 bits per heavy atom. The van der Waals surface area contributed by atoms with Gasteiger partial charge in [0.2, 0.25) is 0 Å². The number of anilines is 1.